The molecule has 1 amide bonds. The number of carbonyl (C=O) groups excluding carboxylic acids is 1. The highest BCUT2D eigenvalue weighted by Gasteiger charge is 2.38. The normalized spacial score (nSPS) is 24.4. The Labute approximate surface area is 102 Å². The second-order valence-electron chi connectivity index (χ2n) is 4.63. The van der Waals surface area contributed by atoms with Crippen LogP contribution in [0.3, 0.4) is 0 Å². The Kier molecular flexibility index (Phi) is 3.43. The topological polar surface area (TPSA) is 59.2 Å². The number of aromatic nitrogens is 1. The number of rotatable bonds is 3. The van der Waals surface area contributed by atoms with Gasteiger partial charge in [-0.1, -0.05) is 6.92 Å². The summed E-state index contributed by atoms with van der Waals surface area (Å²) in [5.41, 5.74) is 8.33. The van der Waals surface area contributed by atoms with Gasteiger partial charge in [0, 0.05) is 31.4 Å². The molecule has 4 heteroatoms. The zero-order valence-electron chi connectivity index (χ0n) is 10.4. The number of hydrogen-bond donors (Lipinski definition) is 1. The molecule has 1 aliphatic heterocycles. The Morgan fingerprint density at radius 2 is 2.35 bits per heavy atom. The quantitative estimate of drug-likeness (QED) is 0.858. The van der Waals surface area contributed by atoms with Crippen LogP contribution in [0.15, 0.2) is 18.5 Å². The van der Waals surface area contributed by atoms with Crippen molar-refractivity contribution in [2.24, 2.45) is 5.73 Å². The van der Waals surface area contributed by atoms with Gasteiger partial charge in [-0.05, 0) is 30.5 Å². The number of likely N-dealkylation sites (tertiary alicyclic amines) is 1. The molecule has 0 saturated carbocycles. The summed E-state index contributed by atoms with van der Waals surface area (Å²) in [6.45, 7) is 4.88. The molecular formula is C13H19N3O. The molecule has 0 spiro atoms. The zero-order chi connectivity index (χ0) is 12.4. The first-order valence-electron chi connectivity index (χ1n) is 6.10. The largest absolute Gasteiger partial charge is 0.334 e. The average Bonchev–Trinajstić information content (AvgIpc) is 2.56. The highest BCUT2D eigenvalue weighted by atomic mass is 16.2. The second-order valence-corrected chi connectivity index (χ2v) is 4.63. The van der Waals surface area contributed by atoms with Crippen LogP contribution in [0.4, 0.5) is 0 Å². The molecule has 1 saturated heterocycles. The lowest BCUT2D eigenvalue weighted by Gasteiger charge is -2.27. The Hall–Kier alpha value is -1.42. The minimum absolute atomic E-state index is 0.00356. The van der Waals surface area contributed by atoms with E-state index in [4.69, 9.17) is 5.73 Å². The van der Waals surface area contributed by atoms with Gasteiger partial charge in [0.05, 0.1) is 6.04 Å². The maximum absolute atomic E-state index is 11.9. The van der Waals surface area contributed by atoms with Crippen molar-refractivity contribution in [2.75, 3.05) is 6.54 Å². The Morgan fingerprint density at radius 3 is 3.00 bits per heavy atom. The van der Waals surface area contributed by atoms with Crippen molar-refractivity contribution < 1.29 is 4.79 Å². The lowest BCUT2D eigenvalue weighted by molar-refractivity contribution is -0.129. The van der Waals surface area contributed by atoms with Crippen molar-refractivity contribution >= 4 is 5.91 Å². The second kappa shape index (κ2) is 4.84. The minimum atomic E-state index is -0.114. The van der Waals surface area contributed by atoms with Crippen molar-refractivity contribution in [1.29, 1.82) is 0 Å². The van der Waals surface area contributed by atoms with Gasteiger partial charge in [-0.3, -0.25) is 9.78 Å². The molecule has 1 fully saturated rings. The minimum Gasteiger partial charge on any atom is -0.334 e. The van der Waals surface area contributed by atoms with Crippen LogP contribution in [0.1, 0.15) is 36.9 Å². The van der Waals surface area contributed by atoms with Crippen LogP contribution in [-0.4, -0.2) is 28.4 Å². The molecule has 1 aromatic rings. The van der Waals surface area contributed by atoms with E-state index in [1.807, 2.05) is 24.1 Å². The Balaban J connectivity index is 2.35. The number of amides is 1. The Bertz CT molecular complexity index is 419. The van der Waals surface area contributed by atoms with Crippen molar-refractivity contribution in [3.8, 4) is 0 Å². The number of hydrogen-bond acceptors (Lipinski definition) is 3. The maximum atomic E-state index is 11.9. The van der Waals surface area contributed by atoms with Crippen LogP contribution in [0, 0.1) is 6.92 Å². The van der Waals surface area contributed by atoms with Crippen molar-refractivity contribution in [1.82, 2.24) is 9.88 Å². The molecule has 2 N–H and O–H groups in total. The third kappa shape index (κ3) is 2.17. The molecule has 0 aromatic carbocycles. The third-order valence-electron chi connectivity index (χ3n) is 3.33. The molecule has 2 unspecified atom stereocenters. The molecule has 2 rings (SSSR count). The predicted molar refractivity (Wildman–Crippen MR) is 66.3 cm³/mol. The van der Waals surface area contributed by atoms with E-state index >= 15 is 0 Å². The van der Waals surface area contributed by atoms with Gasteiger partial charge in [0.2, 0.25) is 5.91 Å². The molecular weight excluding hydrogens is 214 g/mol. The number of nitrogens with zero attached hydrogens (tertiary/aromatic N) is 2. The van der Waals surface area contributed by atoms with Crippen LogP contribution in [0.5, 0.6) is 0 Å². The molecule has 0 aliphatic carbocycles. The molecule has 2 heterocycles. The molecule has 1 aromatic heterocycles. The van der Waals surface area contributed by atoms with Crippen LogP contribution in [0.25, 0.3) is 0 Å². The molecule has 2 atom stereocenters. The standard InChI is InChI=1S/C13H19N3O/c1-3-6-16-12(17)7-11(14)13(16)10-8-15-5-4-9(10)2/h4-5,8,11,13H,3,6-7,14H2,1-2H3. The van der Waals surface area contributed by atoms with E-state index in [0.29, 0.717) is 6.42 Å². The molecule has 92 valence electrons. The van der Waals surface area contributed by atoms with E-state index in [9.17, 15) is 4.79 Å². The number of carbonyl (C=O) groups is 1. The first-order valence-corrected chi connectivity index (χ1v) is 6.10. The van der Waals surface area contributed by atoms with E-state index in [1.165, 1.54) is 0 Å². The van der Waals surface area contributed by atoms with Gasteiger partial charge in [-0.25, -0.2) is 0 Å². The van der Waals surface area contributed by atoms with E-state index in [-0.39, 0.29) is 18.0 Å². The average molecular weight is 233 g/mol. The van der Waals surface area contributed by atoms with E-state index in [2.05, 4.69) is 11.9 Å². The summed E-state index contributed by atoms with van der Waals surface area (Å²) in [6, 6.07) is 1.85. The smallest absolute Gasteiger partial charge is 0.224 e. The first kappa shape index (κ1) is 12.0. The fourth-order valence-corrected chi connectivity index (χ4v) is 2.51. The zero-order valence-corrected chi connectivity index (χ0v) is 10.4. The van der Waals surface area contributed by atoms with E-state index in [1.54, 1.807) is 6.20 Å². The number of nitrogens with two attached hydrogens (primary N) is 1. The van der Waals surface area contributed by atoms with Gasteiger partial charge < -0.3 is 10.6 Å². The highest BCUT2D eigenvalue weighted by Crippen LogP contribution is 2.33. The third-order valence-corrected chi connectivity index (χ3v) is 3.33. The van der Waals surface area contributed by atoms with E-state index in [0.717, 1.165) is 24.1 Å². The van der Waals surface area contributed by atoms with Crippen molar-refractivity contribution in [3.05, 3.63) is 29.6 Å². The maximum Gasteiger partial charge on any atom is 0.224 e. The van der Waals surface area contributed by atoms with Gasteiger partial charge in [-0.2, -0.15) is 0 Å². The van der Waals surface area contributed by atoms with Crippen molar-refractivity contribution in [3.63, 3.8) is 0 Å². The Morgan fingerprint density at radius 1 is 1.59 bits per heavy atom. The molecule has 17 heavy (non-hydrogen) atoms. The molecule has 0 bridgehead atoms. The summed E-state index contributed by atoms with van der Waals surface area (Å²) in [4.78, 5) is 17.9. The van der Waals surface area contributed by atoms with Crippen LogP contribution in [0.2, 0.25) is 0 Å². The van der Waals surface area contributed by atoms with Gasteiger partial charge in [-0.15, -0.1) is 0 Å². The lowest BCUT2D eigenvalue weighted by Crippen LogP contribution is -2.34. The van der Waals surface area contributed by atoms with Gasteiger partial charge in [0.1, 0.15) is 0 Å². The summed E-state index contributed by atoms with van der Waals surface area (Å²) in [6.07, 6.45) is 5.00. The summed E-state index contributed by atoms with van der Waals surface area (Å²) in [5, 5.41) is 0. The predicted octanol–water partition coefficient (Wildman–Crippen LogP) is 1.40. The molecule has 0 radical (unpaired) electrons. The van der Waals surface area contributed by atoms with Crippen LogP contribution >= 0.6 is 0 Å². The summed E-state index contributed by atoms with van der Waals surface area (Å²) in [7, 11) is 0. The monoisotopic (exact) mass is 233 g/mol. The highest BCUT2D eigenvalue weighted by molar-refractivity contribution is 5.80. The first-order chi connectivity index (χ1) is 8.15. The number of aryl methyl sites for hydroxylation is 1. The van der Waals surface area contributed by atoms with Crippen LogP contribution in [-0.2, 0) is 4.79 Å². The summed E-state index contributed by atoms with van der Waals surface area (Å²) >= 11 is 0. The van der Waals surface area contributed by atoms with Crippen molar-refractivity contribution in [2.45, 2.75) is 38.8 Å². The van der Waals surface area contributed by atoms with Gasteiger partial charge in [0.25, 0.3) is 0 Å². The fraction of sp³-hybridized carbons (Fsp3) is 0.538. The van der Waals surface area contributed by atoms with Gasteiger partial charge in [0.15, 0.2) is 0 Å². The SMILES string of the molecule is CCCN1C(=O)CC(N)C1c1cnccc1C. The molecule has 4 nitrogen and oxygen atoms in total. The fourth-order valence-electron chi connectivity index (χ4n) is 2.51. The summed E-state index contributed by atoms with van der Waals surface area (Å²) in [5.74, 6) is 0.160. The summed E-state index contributed by atoms with van der Waals surface area (Å²) < 4.78 is 0. The van der Waals surface area contributed by atoms with E-state index < -0.39 is 0 Å². The molecule has 1 aliphatic rings. The number of pyridine rings is 1. The van der Waals surface area contributed by atoms with Gasteiger partial charge >= 0.3 is 0 Å². The van der Waals surface area contributed by atoms with Crippen LogP contribution < -0.4 is 5.73 Å². The lowest BCUT2D eigenvalue weighted by atomic mass is 9.98.